The van der Waals surface area contributed by atoms with E-state index in [2.05, 4.69) is 12.0 Å². The predicted molar refractivity (Wildman–Crippen MR) is 132 cm³/mol. The van der Waals surface area contributed by atoms with Crippen LogP contribution in [0.25, 0.3) is 0 Å². The number of aryl methyl sites for hydroxylation is 1. The van der Waals surface area contributed by atoms with Crippen molar-refractivity contribution in [3.8, 4) is 11.5 Å². The maximum Gasteiger partial charge on any atom is 0.358 e. The van der Waals surface area contributed by atoms with Crippen molar-refractivity contribution in [2.75, 3.05) is 19.7 Å². The fourth-order valence-electron chi connectivity index (χ4n) is 4.28. The molecule has 1 aromatic heterocycles. The number of hydrogen-bond acceptors (Lipinski definition) is 6. The molecule has 0 aliphatic carbocycles. The van der Waals surface area contributed by atoms with E-state index in [1.807, 2.05) is 35.0 Å². The van der Waals surface area contributed by atoms with E-state index in [0.29, 0.717) is 49.7 Å². The zero-order valence-electron chi connectivity index (χ0n) is 20.1. The molecular weight excluding hydrogens is 466 g/mol. The van der Waals surface area contributed by atoms with E-state index < -0.39 is 16.0 Å². The van der Waals surface area contributed by atoms with Crippen LogP contribution in [-0.4, -0.2) is 48.2 Å². The van der Waals surface area contributed by atoms with E-state index in [4.69, 9.17) is 9.47 Å². The van der Waals surface area contributed by atoms with Crippen molar-refractivity contribution >= 4 is 16.0 Å². The number of rotatable bonds is 9. The lowest BCUT2D eigenvalue weighted by atomic mass is 10.1. The number of ether oxygens (including phenoxy) is 2. The molecule has 1 saturated heterocycles. The number of aromatic nitrogens is 2. The van der Waals surface area contributed by atoms with Gasteiger partial charge in [-0.2, -0.15) is 9.40 Å². The summed E-state index contributed by atoms with van der Waals surface area (Å²) < 4.78 is 40.8. The third kappa shape index (κ3) is 5.74. The number of carbonyl (C=O) groups excluding carboxylic acids is 1. The highest BCUT2D eigenvalue weighted by molar-refractivity contribution is 7.89. The number of esters is 1. The minimum absolute atomic E-state index is 0.0350. The highest BCUT2D eigenvalue weighted by Crippen LogP contribution is 2.30. The Morgan fingerprint density at radius 2 is 1.66 bits per heavy atom. The summed E-state index contributed by atoms with van der Waals surface area (Å²) in [5.41, 5.74) is 1.29. The van der Waals surface area contributed by atoms with Crippen molar-refractivity contribution in [2.45, 2.75) is 50.5 Å². The molecule has 4 rings (SSSR count). The number of hydrogen-bond donors (Lipinski definition) is 0. The second kappa shape index (κ2) is 11.0. The number of benzene rings is 2. The molecule has 1 fully saturated rings. The number of carbonyl (C=O) groups is 1. The first-order valence-corrected chi connectivity index (χ1v) is 13.4. The summed E-state index contributed by atoms with van der Waals surface area (Å²) in [6.45, 7) is 4.91. The largest absolute Gasteiger partial charge is 0.461 e. The molecule has 2 aromatic carbocycles. The van der Waals surface area contributed by atoms with Gasteiger partial charge in [-0.05, 0) is 68.7 Å². The average molecular weight is 498 g/mol. The molecule has 0 saturated carbocycles. The van der Waals surface area contributed by atoms with Gasteiger partial charge in [0.25, 0.3) is 0 Å². The molecule has 0 spiro atoms. The summed E-state index contributed by atoms with van der Waals surface area (Å²) in [6, 6.07) is 17.7. The molecule has 3 aromatic rings. The van der Waals surface area contributed by atoms with Crippen LogP contribution in [0.2, 0.25) is 0 Å². The van der Waals surface area contributed by atoms with Crippen molar-refractivity contribution in [3.05, 3.63) is 72.1 Å². The molecule has 0 amide bonds. The standard InChI is InChI=1S/C26H31N3O5S/c1-3-8-21-19-25(26(30)33-4-2)27-29(21)20-15-17-28(18-16-20)35(31,32)24-13-11-23(12-14-24)34-22-9-6-5-7-10-22/h5-7,9-14,19-20H,3-4,8,15-18H2,1-2H3. The van der Waals surface area contributed by atoms with Crippen LogP contribution >= 0.6 is 0 Å². The van der Waals surface area contributed by atoms with Crippen LogP contribution in [-0.2, 0) is 21.2 Å². The van der Waals surface area contributed by atoms with E-state index in [9.17, 15) is 13.2 Å². The van der Waals surface area contributed by atoms with Gasteiger partial charge in [-0.1, -0.05) is 31.5 Å². The molecule has 186 valence electrons. The first kappa shape index (κ1) is 24.9. The van der Waals surface area contributed by atoms with E-state index in [1.165, 1.54) is 4.31 Å². The van der Waals surface area contributed by atoms with Gasteiger partial charge in [0, 0.05) is 18.8 Å². The number of nitrogens with zero attached hydrogens (tertiary/aromatic N) is 3. The first-order chi connectivity index (χ1) is 16.9. The van der Waals surface area contributed by atoms with Gasteiger partial charge in [-0.15, -0.1) is 0 Å². The van der Waals surface area contributed by atoms with E-state index in [0.717, 1.165) is 18.5 Å². The third-order valence-electron chi connectivity index (χ3n) is 6.01. The molecular formula is C26H31N3O5S. The Hall–Kier alpha value is -3.17. The molecule has 35 heavy (non-hydrogen) atoms. The van der Waals surface area contributed by atoms with E-state index in [1.54, 1.807) is 37.3 Å². The Bertz CT molecular complexity index is 1230. The maximum absolute atomic E-state index is 13.2. The second-order valence-corrected chi connectivity index (χ2v) is 10.4. The van der Waals surface area contributed by atoms with Crippen molar-refractivity contribution in [1.29, 1.82) is 0 Å². The van der Waals surface area contributed by atoms with Crippen molar-refractivity contribution in [3.63, 3.8) is 0 Å². The summed E-state index contributed by atoms with van der Waals surface area (Å²) in [6.07, 6.45) is 2.96. The van der Waals surface area contributed by atoms with Gasteiger partial charge in [-0.3, -0.25) is 4.68 Å². The third-order valence-corrected chi connectivity index (χ3v) is 7.93. The van der Waals surface area contributed by atoms with Crippen molar-refractivity contribution < 1.29 is 22.7 Å². The Morgan fingerprint density at radius 1 is 1.00 bits per heavy atom. The van der Waals surface area contributed by atoms with Crippen molar-refractivity contribution in [2.24, 2.45) is 0 Å². The molecule has 0 atom stereocenters. The van der Waals surface area contributed by atoms with E-state index >= 15 is 0 Å². The Balaban J connectivity index is 1.43. The van der Waals surface area contributed by atoms with Gasteiger partial charge in [-0.25, -0.2) is 13.2 Å². The summed E-state index contributed by atoms with van der Waals surface area (Å²) >= 11 is 0. The first-order valence-electron chi connectivity index (χ1n) is 12.0. The molecule has 1 aliphatic heterocycles. The molecule has 0 radical (unpaired) electrons. The van der Waals surface area contributed by atoms with Crippen LogP contribution in [0.3, 0.4) is 0 Å². The van der Waals surface area contributed by atoms with Crippen LogP contribution < -0.4 is 4.74 Å². The average Bonchev–Trinajstić information content (AvgIpc) is 3.30. The summed E-state index contributed by atoms with van der Waals surface area (Å²) in [7, 11) is -3.62. The van der Waals surface area contributed by atoms with Gasteiger partial charge in [0.1, 0.15) is 11.5 Å². The fraction of sp³-hybridized carbons (Fsp3) is 0.385. The Kier molecular flexibility index (Phi) is 7.87. The number of para-hydroxylation sites is 1. The van der Waals surface area contributed by atoms with Crippen LogP contribution in [0.15, 0.2) is 65.6 Å². The van der Waals surface area contributed by atoms with Crippen LogP contribution in [0.1, 0.15) is 55.3 Å². The minimum atomic E-state index is -3.62. The molecule has 9 heteroatoms. The highest BCUT2D eigenvalue weighted by Gasteiger charge is 2.31. The summed E-state index contributed by atoms with van der Waals surface area (Å²) in [5, 5.41) is 4.52. The zero-order chi connectivity index (χ0) is 24.8. The Morgan fingerprint density at radius 3 is 2.29 bits per heavy atom. The minimum Gasteiger partial charge on any atom is -0.461 e. The summed E-state index contributed by atoms with van der Waals surface area (Å²) in [4.78, 5) is 12.4. The highest BCUT2D eigenvalue weighted by atomic mass is 32.2. The van der Waals surface area contributed by atoms with Gasteiger partial charge >= 0.3 is 5.97 Å². The van der Waals surface area contributed by atoms with Gasteiger partial charge < -0.3 is 9.47 Å². The summed E-state index contributed by atoms with van der Waals surface area (Å²) in [5.74, 6) is 0.842. The van der Waals surface area contributed by atoms with Gasteiger partial charge in [0.05, 0.1) is 17.5 Å². The number of sulfonamides is 1. The molecule has 0 N–H and O–H groups in total. The van der Waals surface area contributed by atoms with Crippen LogP contribution in [0, 0.1) is 0 Å². The van der Waals surface area contributed by atoms with Crippen molar-refractivity contribution in [1.82, 2.24) is 14.1 Å². The van der Waals surface area contributed by atoms with Crippen LogP contribution in [0.5, 0.6) is 11.5 Å². The van der Waals surface area contributed by atoms with E-state index in [-0.39, 0.29) is 10.9 Å². The lowest BCUT2D eigenvalue weighted by Gasteiger charge is -2.32. The Labute approximate surface area is 206 Å². The van der Waals surface area contributed by atoms with Crippen LogP contribution in [0.4, 0.5) is 0 Å². The van der Waals surface area contributed by atoms with Gasteiger partial charge in [0.15, 0.2) is 5.69 Å². The van der Waals surface area contributed by atoms with Gasteiger partial charge in [0.2, 0.25) is 10.0 Å². The molecule has 0 bridgehead atoms. The number of piperidine rings is 1. The predicted octanol–water partition coefficient (Wildman–Crippen LogP) is 4.83. The smallest absolute Gasteiger partial charge is 0.358 e. The quantitative estimate of drug-likeness (QED) is 0.393. The maximum atomic E-state index is 13.2. The lowest BCUT2D eigenvalue weighted by molar-refractivity contribution is 0.0517. The molecule has 0 unspecified atom stereocenters. The molecule has 8 nitrogen and oxygen atoms in total. The normalized spacial score (nSPS) is 15.1. The zero-order valence-corrected chi connectivity index (χ0v) is 20.9. The molecule has 2 heterocycles. The lowest BCUT2D eigenvalue weighted by Crippen LogP contribution is -2.39. The monoisotopic (exact) mass is 497 g/mol. The fourth-order valence-corrected chi connectivity index (χ4v) is 5.75. The second-order valence-electron chi connectivity index (χ2n) is 8.46. The molecule has 1 aliphatic rings. The SMILES string of the molecule is CCCc1cc(C(=O)OCC)nn1C1CCN(S(=O)(=O)c2ccc(Oc3ccccc3)cc2)CC1. The topological polar surface area (TPSA) is 90.7 Å².